The Morgan fingerprint density at radius 1 is 1.52 bits per heavy atom. The summed E-state index contributed by atoms with van der Waals surface area (Å²) in [7, 11) is 0. The van der Waals surface area contributed by atoms with Gasteiger partial charge < -0.3 is 9.84 Å². The predicted molar refractivity (Wildman–Crippen MR) is 77.7 cm³/mol. The highest BCUT2D eigenvalue weighted by molar-refractivity contribution is 5.93. The molecule has 7 heteroatoms. The Bertz CT molecular complexity index is 664. The van der Waals surface area contributed by atoms with Crippen molar-refractivity contribution in [1.82, 2.24) is 15.6 Å². The molecule has 0 radical (unpaired) electrons. The van der Waals surface area contributed by atoms with Crippen molar-refractivity contribution in [3.8, 4) is 11.5 Å². The highest BCUT2D eigenvalue weighted by Gasteiger charge is 2.07. The Labute approximate surface area is 121 Å². The van der Waals surface area contributed by atoms with Crippen LogP contribution in [-0.4, -0.2) is 34.0 Å². The van der Waals surface area contributed by atoms with Crippen LogP contribution in [0.3, 0.4) is 0 Å². The molecule has 0 spiro atoms. The van der Waals surface area contributed by atoms with Crippen LogP contribution < -0.4 is 10.2 Å². The van der Waals surface area contributed by atoms with Crippen LogP contribution in [0.4, 0.5) is 0 Å². The number of benzene rings is 1. The van der Waals surface area contributed by atoms with Crippen LogP contribution in [0.5, 0.6) is 11.5 Å². The maximum absolute atomic E-state index is 11.7. The first kappa shape index (κ1) is 14.6. The van der Waals surface area contributed by atoms with Gasteiger partial charge in [-0.3, -0.25) is 9.89 Å². The number of nitrogens with one attached hydrogen (secondary N) is 2. The molecule has 0 unspecified atom stereocenters. The van der Waals surface area contributed by atoms with Gasteiger partial charge in [-0.05, 0) is 43.7 Å². The van der Waals surface area contributed by atoms with Crippen LogP contribution in [0.1, 0.15) is 28.7 Å². The molecule has 2 rings (SSSR count). The van der Waals surface area contributed by atoms with Crippen LogP contribution >= 0.6 is 0 Å². The second kappa shape index (κ2) is 6.56. The first-order valence-corrected chi connectivity index (χ1v) is 6.41. The number of phenols is 1. The first-order chi connectivity index (χ1) is 10.1. The van der Waals surface area contributed by atoms with Crippen LogP contribution in [0.2, 0.25) is 0 Å². The van der Waals surface area contributed by atoms with Crippen molar-refractivity contribution in [2.75, 3.05) is 6.61 Å². The Balaban J connectivity index is 2.01. The fraction of sp³-hybridized carbons (Fsp3) is 0.214. The molecular formula is C14H16N4O3. The molecule has 0 aliphatic carbocycles. The molecule has 3 N–H and O–H groups in total. The second-order valence-electron chi connectivity index (χ2n) is 4.30. The number of aromatic hydroxyl groups is 1. The Kier molecular flexibility index (Phi) is 4.55. The summed E-state index contributed by atoms with van der Waals surface area (Å²) in [5.41, 5.74) is 4.13. The van der Waals surface area contributed by atoms with E-state index < -0.39 is 5.91 Å². The number of rotatable bonds is 5. The van der Waals surface area contributed by atoms with E-state index in [9.17, 15) is 9.90 Å². The van der Waals surface area contributed by atoms with Gasteiger partial charge in [-0.15, -0.1) is 0 Å². The molecule has 0 fully saturated rings. The first-order valence-electron chi connectivity index (χ1n) is 6.41. The van der Waals surface area contributed by atoms with Crippen molar-refractivity contribution in [1.29, 1.82) is 0 Å². The summed E-state index contributed by atoms with van der Waals surface area (Å²) >= 11 is 0. The van der Waals surface area contributed by atoms with Gasteiger partial charge in [0.2, 0.25) is 0 Å². The molecule has 0 bridgehead atoms. The summed E-state index contributed by atoms with van der Waals surface area (Å²) in [5, 5.41) is 19.9. The van der Waals surface area contributed by atoms with E-state index in [1.165, 1.54) is 12.3 Å². The van der Waals surface area contributed by atoms with Crippen molar-refractivity contribution < 1.29 is 14.6 Å². The van der Waals surface area contributed by atoms with Gasteiger partial charge in [-0.1, -0.05) is 0 Å². The van der Waals surface area contributed by atoms with Crippen molar-refractivity contribution >= 4 is 12.1 Å². The number of phenolic OH excluding ortho intramolecular Hbond substituents is 1. The number of carbonyl (C=O) groups is 1. The lowest BCUT2D eigenvalue weighted by Gasteiger charge is -2.05. The van der Waals surface area contributed by atoms with Crippen molar-refractivity contribution in [2.45, 2.75) is 13.8 Å². The van der Waals surface area contributed by atoms with Gasteiger partial charge in [0.25, 0.3) is 5.91 Å². The molecule has 0 saturated heterocycles. The zero-order valence-electron chi connectivity index (χ0n) is 11.8. The molecule has 7 nitrogen and oxygen atoms in total. The van der Waals surface area contributed by atoms with Crippen molar-refractivity contribution in [2.24, 2.45) is 5.10 Å². The van der Waals surface area contributed by atoms with E-state index in [-0.39, 0.29) is 11.4 Å². The summed E-state index contributed by atoms with van der Waals surface area (Å²) in [4.78, 5) is 11.7. The standard InChI is InChI=1S/C14H16N4O3/c1-3-21-13-7-10(4-5-12(13)19)8-15-18-14(20)11-6-9(2)16-17-11/h4-8,19H,3H2,1-2H3,(H,16,17)(H,18,20). The van der Waals surface area contributed by atoms with E-state index in [4.69, 9.17) is 4.74 Å². The minimum Gasteiger partial charge on any atom is -0.504 e. The number of hydrogen-bond donors (Lipinski definition) is 3. The Hall–Kier alpha value is -2.83. The van der Waals surface area contributed by atoms with E-state index in [0.717, 1.165) is 5.69 Å². The molecule has 0 aliphatic rings. The molecule has 110 valence electrons. The lowest BCUT2D eigenvalue weighted by molar-refractivity contribution is 0.0950. The second-order valence-corrected chi connectivity index (χ2v) is 4.30. The van der Waals surface area contributed by atoms with Gasteiger partial charge in [0.1, 0.15) is 0 Å². The molecule has 21 heavy (non-hydrogen) atoms. The van der Waals surface area contributed by atoms with E-state index in [0.29, 0.717) is 17.9 Å². The van der Waals surface area contributed by atoms with Gasteiger partial charge >= 0.3 is 0 Å². The molecule has 0 aliphatic heterocycles. The number of H-pyrrole nitrogens is 1. The van der Waals surface area contributed by atoms with Gasteiger partial charge in [0.05, 0.1) is 12.8 Å². The zero-order chi connectivity index (χ0) is 15.2. The maximum atomic E-state index is 11.7. The van der Waals surface area contributed by atoms with Crippen LogP contribution in [-0.2, 0) is 0 Å². The van der Waals surface area contributed by atoms with Gasteiger partial charge in [0, 0.05) is 5.69 Å². The molecule has 2 aromatic rings. The number of carbonyl (C=O) groups excluding carboxylic acids is 1. The average Bonchev–Trinajstić information content (AvgIpc) is 2.89. The lowest BCUT2D eigenvalue weighted by atomic mass is 10.2. The van der Waals surface area contributed by atoms with Gasteiger partial charge in [-0.2, -0.15) is 10.2 Å². The average molecular weight is 288 g/mol. The van der Waals surface area contributed by atoms with Crippen LogP contribution in [0.25, 0.3) is 0 Å². The van der Waals surface area contributed by atoms with E-state index in [2.05, 4.69) is 20.7 Å². The molecule has 1 heterocycles. The number of hydrazone groups is 1. The number of nitrogens with zero attached hydrogens (tertiary/aromatic N) is 2. The third-order valence-electron chi connectivity index (χ3n) is 2.60. The largest absolute Gasteiger partial charge is 0.504 e. The van der Waals surface area contributed by atoms with Crippen LogP contribution in [0.15, 0.2) is 29.4 Å². The number of ether oxygens (including phenoxy) is 1. The fourth-order valence-electron chi connectivity index (χ4n) is 1.64. The number of aryl methyl sites for hydroxylation is 1. The molecule has 1 amide bonds. The summed E-state index contributed by atoms with van der Waals surface area (Å²) in [5.74, 6) is 0.0279. The predicted octanol–water partition coefficient (Wildman–Crippen LogP) is 1.59. The number of aromatic amines is 1. The smallest absolute Gasteiger partial charge is 0.291 e. The van der Waals surface area contributed by atoms with Gasteiger partial charge in [-0.25, -0.2) is 5.43 Å². The van der Waals surface area contributed by atoms with Crippen molar-refractivity contribution in [3.05, 3.63) is 41.2 Å². The minimum absolute atomic E-state index is 0.0602. The number of aromatic nitrogens is 2. The van der Waals surface area contributed by atoms with Crippen molar-refractivity contribution in [3.63, 3.8) is 0 Å². The highest BCUT2D eigenvalue weighted by Crippen LogP contribution is 2.26. The third-order valence-corrected chi connectivity index (χ3v) is 2.60. The molecular weight excluding hydrogens is 272 g/mol. The third kappa shape index (κ3) is 3.82. The highest BCUT2D eigenvalue weighted by atomic mass is 16.5. The van der Waals surface area contributed by atoms with Gasteiger partial charge in [0.15, 0.2) is 17.2 Å². The van der Waals surface area contributed by atoms with E-state index in [1.54, 1.807) is 25.1 Å². The topological polar surface area (TPSA) is 99.6 Å². The SMILES string of the molecule is CCOc1cc(C=NNC(=O)c2cc(C)[nH]n2)ccc1O. The molecule has 1 aromatic carbocycles. The van der Waals surface area contributed by atoms with E-state index >= 15 is 0 Å². The number of hydrogen-bond acceptors (Lipinski definition) is 5. The zero-order valence-corrected chi connectivity index (χ0v) is 11.8. The van der Waals surface area contributed by atoms with E-state index in [1.807, 2.05) is 6.92 Å². The Morgan fingerprint density at radius 3 is 3.00 bits per heavy atom. The maximum Gasteiger partial charge on any atom is 0.291 e. The minimum atomic E-state index is -0.403. The molecule has 1 aromatic heterocycles. The molecule has 0 atom stereocenters. The summed E-state index contributed by atoms with van der Waals surface area (Å²) in [6, 6.07) is 6.42. The number of amides is 1. The summed E-state index contributed by atoms with van der Waals surface area (Å²) < 4.78 is 5.26. The summed E-state index contributed by atoms with van der Waals surface area (Å²) in [6.45, 7) is 4.08. The van der Waals surface area contributed by atoms with Crippen LogP contribution in [0, 0.1) is 6.92 Å². The lowest BCUT2D eigenvalue weighted by Crippen LogP contribution is -2.18. The Morgan fingerprint density at radius 2 is 2.33 bits per heavy atom. The molecule has 0 saturated carbocycles. The fourth-order valence-corrected chi connectivity index (χ4v) is 1.64. The monoisotopic (exact) mass is 288 g/mol. The normalized spacial score (nSPS) is 10.8. The summed E-state index contributed by atoms with van der Waals surface area (Å²) in [6.07, 6.45) is 1.46. The quantitative estimate of drug-likeness (QED) is 0.574.